The third-order valence-electron chi connectivity index (χ3n) is 3.51. The van der Waals surface area contributed by atoms with Crippen molar-refractivity contribution in [1.29, 1.82) is 0 Å². The Morgan fingerprint density at radius 3 is 2.50 bits per heavy atom. The van der Waals surface area contributed by atoms with Gasteiger partial charge < -0.3 is 10.6 Å². The van der Waals surface area contributed by atoms with E-state index in [2.05, 4.69) is 15.6 Å². The number of hydrogen-bond donors (Lipinski definition) is 2. The zero-order valence-electron chi connectivity index (χ0n) is 12.6. The highest BCUT2D eigenvalue weighted by molar-refractivity contribution is 6.02. The molecule has 0 saturated heterocycles. The first-order valence-electron chi connectivity index (χ1n) is 7.13. The molecule has 0 aliphatic rings. The predicted molar refractivity (Wildman–Crippen MR) is 89.6 cm³/mol. The maximum Gasteiger partial charge on any atom is 0.254 e. The number of para-hydroxylation sites is 1. The molecule has 0 saturated carbocycles. The lowest BCUT2D eigenvalue weighted by atomic mass is 10.1. The molecule has 3 aromatic rings. The van der Waals surface area contributed by atoms with Gasteiger partial charge in [0.05, 0.1) is 11.1 Å². The summed E-state index contributed by atoms with van der Waals surface area (Å²) < 4.78 is 0. The molecule has 2 aromatic carbocycles. The van der Waals surface area contributed by atoms with Gasteiger partial charge in [-0.15, -0.1) is 0 Å². The molecule has 22 heavy (non-hydrogen) atoms. The second kappa shape index (κ2) is 5.85. The van der Waals surface area contributed by atoms with Crippen LogP contribution in [0.25, 0.3) is 10.9 Å². The van der Waals surface area contributed by atoms with Crippen molar-refractivity contribution in [3.8, 4) is 0 Å². The first-order chi connectivity index (χ1) is 10.7. The van der Waals surface area contributed by atoms with Crippen molar-refractivity contribution in [1.82, 2.24) is 10.3 Å². The number of carbonyl (C=O) groups excluding carboxylic acids is 1. The third kappa shape index (κ3) is 2.76. The molecule has 1 amide bonds. The topological polar surface area (TPSA) is 54.0 Å². The number of aryl methyl sites for hydroxylation is 1. The summed E-state index contributed by atoms with van der Waals surface area (Å²) >= 11 is 0. The van der Waals surface area contributed by atoms with Crippen LogP contribution in [0.1, 0.15) is 15.9 Å². The molecule has 0 bridgehead atoms. The lowest BCUT2D eigenvalue weighted by Crippen LogP contribution is -2.19. The number of amides is 1. The standard InChI is InChI=1S/C18H17N3O/c1-12-7-9-14(10-8-12)20-17-15(18(22)19-2)11-13-5-3-4-6-16(13)21-17/h3-11H,1-2H3,(H,19,22)(H,20,21). The molecular weight excluding hydrogens is 274 g/mol. The van der Waals surface area contributed by atoms with Crippen molar-refractivity contribution < 1.29 is 4.79 Å². The van der Waals surface area contributed by atoms with E-state index in [0.717, 1.165) is 16.6 Å². The number of nitrogens with zero attached hydrogens (tertiary/aromatic N) is 1. The van der Waals surface area contributed by atoms with Crippen LogP contribution in [0, 0.1) is 6.92 Å². The Kier molecular flexibility index (Phi) is 3.74. The van der Waals surface area contributed by atoms with Gasteiger partial charge in [0.1, 0.15) is 5.82 Å². The number of aromatic nitrogens is 1. The van der Waals surface area contributed by atoms with E-state index < -0.39 is 0 Å². The zero-order valence-corrected chi connectivity index (χ0v) is 12.6. The molecule has 0 unspecified atom stereocenters. The first-order valence-corrected chi connectivity index (χ1v) is 7.13. The van der Waals surface area contributed by atoms with E-state index in [4.69, 9.17) is 0 Å². The Morgan fingerprint density at radius 1 is 1.05 bits per heavy atom. The van der Waals surface area contributed by atoms with Gasteiger partial charge in [-0.05, 0) is 31.2 Å². The Bertz CT molecular complexity index is 825. The van der Waals surface area contributed by atoms with Crippen LogP contribution in [0.5, 0.6) is 0 Å². The minimum atomic E-state index is -0.159. The maximum absolute atomic E-state index is 12.1. The first kappa shape index (κ1) is 14.1. The number of carbonyl (C=O) groups is 1. The highest BCUT2D eigenvalue weighted by atomic mass is 16.1. The van der Waals surface area contributed by atoms with Crippen LogP contribution in [0.4, 0.5) is 11.5 Å². The number of pyridine rings is 1. The van der Waals surface area contributed by atoms with Crippen LogP contribution >= 0.6 is 0 Å². The molecule has 3 rings (SSSR count). The fourth-order valence-electron chi connectivity index (χ4n) is 2.29. The van der Waals surface area contributed by atoms with Gasteiger partial charge in [0, 0.05) is 18.1 Å². The van der Waals surface area contributed by atoms with Crippen molar-refractivity contribution in [2.75, 3.05) is 12.4 Å². The molecule has 4 heteroatoms. The Balaban J connectivity index is 2.09. The molecule has 4 nitrogen and oxygen atoms in total. The average molecular weight is 291 g/mol. The summed E-state index contributed by atoms with van der Waals surface area (Å²) in [4.78, 5) is 16.7. The Morgan fingerprint density at radius 2 is 1.77 bits per heavy atom. The van der Waals surface area contributed by atoms with Crippen molar-refractivity contribution in [2.45, 2.75) is 6.92 Å². The van der Waals surface area contributed by atoms with E-state index >= 15 is 0 Å². The summed E-state index contributed by atoms with van der Waals surface area (Å²) in [6.45, 7) is 2.04. The number of anilines is 2. The molecule has 110 valence electrons. The summed E-state index contributed by atoms with van der Waals surface area (Å²) in [5.74, 6) is 0.398. The van der Waals surface area contributed by atoms with Gasteiger partial charge in [-0.3, -0.25) is 4.79 Å². The quantitative estimate of drug-likeness (QED) is 0.774. The molecule has 0 fully saturated rings. The van der Waals surface area contributed by atoms with Gasteiger partial charge in [0.2, 0.25) is 0 Å². The van der Waals surface area contributed by atoms with Crippen molar-refractivity contribution in [2.24, 2.45) is 0 Å². The minimum absolute atomic E-state index is 0.159. The average Bonchev–Trinajstić information content (AvgIpc) is 2.55. The monoisotopic (exact) mass is 291 g/mol. The SMILES string of the molecule is CNC(=O)c1cc2ccccc2nc1Nc1ccc(C)cc1. The lowest BCUT2D eigenvalue weighted by molar-refractivity contribution is 0.0964. The zero-order chi connectivity index (χ0) is 15.5. The van der Waals surface area contributed by atoms with Gasteiger partial charge in [-0.1, -0.05) is 35.9 Å². The van der Waals surface area contributed by atoms with Crippen LogP contribution in [0.15, 0.2) is 54.6 Å². The fraction of sp³-hybridized carbons (Fsp3) is 0.111. The highest BCUT2D eigenvalue weighted by Gasteiger charge is 2.13. The van der Waals surface area contributed by atoms with Crippen molar-refractivity contribution in [3.63, 3.8) is 0 Å². The van der Waals surface area contributed by atoms with Gasteiger partial charge in [0.25, 0.3) is 5.91 Å². The van der Waals surface area contributed by atoms with Crippen molar-refractivity contribution >= 4 is 28.3 Å². The van der Waals surface area contributed by atoms with E-state index in [-0.39, 0.29) is 5.91 Å². The van der Waals surface area contributed by atoms with Crippen LogP contribution in [-0.4, -0.2) is 17.9 Å². The fourth-order valence-corrected chi connectivity index (χ4v) is 2.29. The van der Waals surface area contributed by atoms with E-state index in [9.17, 15) is 4.79 Å². The number of hydrogen-bond acceptors (Lipinski definition) is 3. The van der Waals surface area contributed by atoms with Crippen molar-refractivity contribution in [3.05, 3.63) is 65.7 Å². The van der Waals surface area contributed by atoms with Gasteiger partial charge in [0.15, 0.2) is 0 Å². The van der Waals surface area contributed by atoms with E-state index in [1.165, 1.54) is 5.56 Å². The normalized spacial score (nSPS) is 10.5. The van der Waals surface area contributed by atoms with Crippen LogP contribution in [0.2, 0.25) is 0 Å². The summed E-state index contributed by atoms with van der Waals surface area (Å²) in [7, 11) is 1.62. The maximum atomic E-state index is 12.1. The smallest absolute Gasteiger partial charge is 0.254 e. The number of fused-ring (bicyclic) bond motifs is 1. The number of rotatable bonds is 3. The van der Waals surface area contributed by atoms with Crippen LogP contribution < -0.4 is 10.6 Å². The molecule has 0 radical (unpaired) electrons. The predicted octanol–water partition coefficient (Wildman–Crippen LogP) is 3.65. The molecule has 1 aromatic heterocycles. The van der Waals surface area contributed by atoms with Gasteiger partial charge in [-0.2, -0.15) is 0 Å². The summed E-state index contributed by atoms with van der Waals surface area (Å²) in [6, 6.07) is 17.6. The van der Waals surface area contributed by atoms with Crippen LogP contribution in [-0.2, 0) is 0 Å². The summed E-state index contributed by atoms with van der Waals surface area (Å²) in [5.41, 5.74) is 3.47. The molecule has 0 aliphatic heterocycles. The van der Waals surface area contributed by atoms with E-state index in [1.54, 1.807) is 7.05 Å². The highest BCUT2D eigenvalue weighted by Crippen LogP contribution is 2.24. The Labute approximate surface area is 129 Å². The molecule has 0 spiro atoms. The molecule has 2 N–H and O–H groups in total. The number of benzene rings is 2. The molecule has 0 atom stereocenters. The van der Waals surface area contributed by atoms with E-state index in [0.29, 0.717) is 11.4 Å². The molecule has 1 heterocycles. The second-order valence-electron chi connectivity index (χ2n) is 5.15. The Hall–Kier alpha value is -2.88. The molecule has 0 aliphatic carbocycles. The lowest BCUT2D eigenvalue weighted by Gasteiger charge is -2.12. The summed E-state index contributed by atoms with van der Waals surface area (Å²) in [5, 5.41) is 6.84. The van der Waals surface area contributed by atoms with Gasteiger partial charge >= 0.3 is 0 Å². The second-order valence-corrected chi connectivity index (χ2v) is 5.15. The summed E-state index contributed by atoms with van der Waals surface area (Å²) in [6.07, 6.45) is 0. The largest absolute Gasteiger partial charge is 0.355 e. The van der Waals surface area contributed by atoms with Gasteiger partial charge in [-0.25, -0.2) is 4.98 Å². The third-order valence-corrected chi connectivity index (χ3v) is 3.51. The minimum Gasteiger partial charge on any atom is -0.355 e. The number of nitrogens with one attached hydrogen (secondary N) is 2. The van der Waals surface area contributed by atoms with Crippen LogP contribution in [0.3, 0.4) is 0 Å². The van der Waals surface area contributed by atoms with E-state index in [1.807, 2.05) is 61.5 Å². The molecular formula is C18H17N3O.